The second-order valence-electron chi connectivity index (χ2n) is 10.0. The Bertz CT molecular complexity index is 1230. The number of anilines is 1. The quantitative estimate of drug-likeness (QED) is 0.247. The summed E-state index contributed by atoms with van der Waals surface area (Å²) in [6.07, 6.45) is 3.65. The third kappa shape index (κ3) is 5.56. The largest absolute Gasteiger partial charge is 0.469 e. The molecule has 1 amide bonds. The number of methoxy groups -OCH3 is 1. The van der Waals surface area contributed by atoms with Gasteiger partial charge in [0.2, 0.25) is 5.91 Å². The number of ether oxygens (including phenoxy) is 1. The van der Waals surface area contributed by atoms with E-state index in [9.17, 15) is 14.4 Å². The molecule has 0 aliphatic heterocycles. The van der Waals surface area contributed by atoms with Crippen LogP contribution in [0.15, 0.2) is 41.8 Å². The zero-order chi connectivity index (χ0) is 25.8. The number of benzene rings is 1. The molecule has 0 radical (unpaired) electrons. The van der Waals surface area contributed by atoms with Crippen molar-refractivity contribution in [3.05, 3.63) is 53.0 Å². The summed E-state index contributed by atoms with van der Waals surface area (Å²) in [5.74, 6) is 0.462. The van der Waals surface area contributed by atoms with E-state index < -0.39 is 0 Å². The number of nitrogens with zero attached hydrogens (tertiary/aromatic N) is 2. The molecule has 2 heterocycles. The number of hydrogen-bond donors (Lipinski definition) is 0. The first kappa shape index (κ1) is 26.1. The smallest absolute Gasteiger partial charge is 0.308 e. The summed E-state index contributed by atoms with van der Waals surface area (Å²) in [4.78, 5) is 40.6. The summed E-state index contributed by atoms with van der Waals surface area (Å²) >= 11 is 1.59. The standard InChI is InChI=1S/C29H36N2O4S/c1-5-30(23-8-6-7-22(16-23)19(2)3)28(33)18-31-24-13-14-36-27(24)17-25(31)26(32)15-20-9-11-21(12-10-20)29(34)35-4/h6-8,13-14,16-17,19-21H,5,9-12,15,18H2,1-4H3. The minimum Gasteiger partial charge on any atom is -0.469 e. The molecule has 0 N–H and O–H groups in total. The van der Waals surface area contributed by atoms with Crippen molar-refractivity contribution in [3.63, 3.8) is 0 Å². The molecule has 192 valence electrons. The molecule has 0 spiro atoms. The van der Waals surface area contributed by atoms with Gasteiger partial charge in [-0.3, -0.25) is 14.4 Å². The highest BCUT2D eigenvalue weighted by Crippen LogP contribution is 2.34. The highest BCUT2D eigenvalue weighted by Gasteiger charge is 2.29. The van der Waals surface area contributed by atoms with Gasteiger partial charge in [-0.2, -0.15) is 0 Å². The molecule has 0 atom stereocenters. The Hall–Kier alpha value is -2.93. The van der Waals surface area contributed by atoms with Gasteiger partial charge in [-0.25, -0.2) is 0 Å². The Labute approximate surface area is 217 Å². The van der Waals surface area contributed by atoms with Crippen LogP contribution >= 0.6 is 11.3 Å². The van der Waals surface area contributed by atoms with E-state index in [-0.39, 0.29) is 36.0 Å². The molecule has 6 nitrogen and oxygen atoms in total. The predicted octanol–water partition coefficient (Wildman–Crippen LogP) is 6.43. The summed E-state index contributed by atoms with van der Waals surface area (Å²) in [7, 11) is 1.43. The Morgan fingerprint density at radius 1 is 1.11 bits per heavy atom. The van der Waals surface area contributed by atoms with Crippen LogP contribution in [-0.2, 0) is 20.9 Å². The SMILES string of the molecule is CCN(C(=O)Cn1c(C(=O)CC2CCC(C(=O)OC)CC2)cc2sccc21)c1cccc(C(C)C)c1. The van der Waals surface area contributed by atoms with Crippen molar-refractivity contribution in [1.29, 1.82) is 0 Å². The zero-order valence-electron chi connectivity index (χ0n) is 21.7. The Balaban J connectivity index is 1.52. The molecule has 1 aromatic carbocycles. The van der Waals surface area contributed by atoms with Crippen molar-refractivity contribution in [2.24, 2.45) is 11.8 Å². The fourth-order valence-electron chi connectivity index (χ4n) is 5.29. The monoisotopic (exact) mass is 508 g/mol. The van der Waals surface area contributed by atoms with Crippen molar-refractivity contribution >= 4 is 44.9 Å². The van der Waals surface area contributed by atoms with Gasteiger partial charge >= 0.3 is 5.97 Å². The van der Waals surface area contributed by atoms with Gasteiger partial charge in [0, 0.05) is 18.7 Å². The molecule has 3 aromatic rings. The Kier molecular flexibility index (Phi) is 8.29. The number of hydrogen-bond acceptors (Lipinski definition) is 5. The van der Waals surface area contributed by atoms with Gasteiger partial charge in [0.25, 0.3) is 0 Å². The van der Waals surface area contributed by atoms with Crippen molar-refractivity contribution in [3.8, 4) is 0 Å². The molecule has 36 heavy (non-hydrogen) atoms. The maximum Gasteiger partial charge on any atom is 0.308 e. The number of Topliss-reactive ketones (excluding diaryl/α,β-unsaturated/α-hetero) is 1. The topological polar surface area (TPSA) is 68.6 Å². The van der Waals surface area contributed by atoms with Gasteiger partial charge in [-0.1, -0.05) is 26.0 Å². The molecule has 4 rings (SSSR count). The summed E-state index contributed by atoms with van der Waals surface area (Å²) in [6.45, 7) is 6.94. The fourth-order valence-corrected chi connectivity index (χ4v) is 6.11. The number of thiophene rings is 1. The van der Waals surface area contributed by atoms with E-state index >= 15 is 0 Å². The van der Waals surface area contributed by atoms with Crippen molar-refractivity contribution in [1.82, 2.24) is 4.57 Å². The number of carbonyl (C=O) groups excluding carboxylic acids is 3. The third-order valence-electron chi connectivity index (χ3n) is 7.42. The summed E-state index contributed by atoms with van der Waals surface area (Å²) in [6, 6.07) is 12.1. The summed E-state index contributed by atoms with van der Waals surface area (Å²) in [5.41, 5.74) is 3.61. The van der Waals surface area contributed by atoms with Crippen LogP contribution in [0.5, 0.6) is 0 Å². The van der Waals surface area contributed by atoms with Crippen LogP contribution in [0.4, 0.5) is 5.69 Å². The normalized spacial score (nSPS) is 17.9. The lowest BCUT2D eigenvalue weighted by molar-refractivity contribution is -0.146. The van der Waals surface area contributed by atoms with Crippen molar-refractivity contribution in [2.45, 2.75) is 65.3 Å². The minimum absolute atomic E-state index is 0.0326. The van der Waals surface area contributed by atoms with E-state index in [1.54, 1.807) is 16.2 Å². The number of rotatable bonds is 9. The molecular formula is C29H36N2O4S. The second kappa shape index (κ2) is 11.4. The van der Waals surface area contributed by atoms with E-state index in [0.29, 0.717) is 24.6 Å². The number of carbonyl (C=O) groups is 3. The molecule has 0 saturated heterocycles. The first-order chi connectivity index (χ1) is 17.3. The fraction of sp³-hybridized carbons (Fsp3) is 0.483. The van der Waals surface area contributed by atoms with Gasteiger partial charge < -0.3 is 14.2 Å². The second-order valence-corrected chi connectivity index (χ2v) is 11.0. The number of esters is 1. The third-order valence-corrected chi connectivity index (χ3v) is 8.28. The van der Waals surface area contributed by atoms with Crippen LogP contribution in [0.2, 0.25) is 0 Å². The molecule has 7 heteroatoms. The van der Waals surface area contributed by atoms with Gasteiger partial charge in [0.1, 0.15) is 6.54 Å². The van der Waals surface area contributed by atoms with Gasteiger partial charge in [-0.15, -0.1) is 11.3 Å². The number of likely N-dealkylation sites (N-methyl/N-ethyl adjacent to an activating group) is 1. The van der Waals surface area contributed by atoms with Crippen LogP contribution in [0.25, 0.3) is 10.2 Å². The zero-order valence-corrected chi connectivity index (χ0v) is 22.5. The highest BCUT2D eigenvalue weighted by molar-refractivity contribution is 7.17. The van der Waals surface area contributed by atoms with Crippen LogP contribution in [-0.4, -0.2) is 35.9 Å². The van der Waals surface area contributed by atoms with E-state index in [1.165, 1.54) is 12.7 Å². The van der Waals surface area contributed by atoms with Gasteiger partial charge in [-0.05, 0) is 79.7 Å². The maximum absolute atomic E-state index is 13.5. The van der Waals surface area contributed by atoms with Crippen LogP contribution in [0.1, 0.15) is 74.8 Å². The molecule has 1 aliphatic carbocycles. The molecule has 1 fully saturated rings. The van der Waals surface area contributed by atoms with E-state index in [1.807, 2.05) is 41.1 Å². The molecule has 2 aromatic heterocycles. The number of fused-ring (bicyclic) bond motifs is 1. The number of amides is 1. The minimum atomic E-state index is -0.146. The molecule has 1 saturated carbocycles. The number of ketones is 1. The van der Waals surface area contributed by atoms with E-state index in [4.69, 9.17) is 4.74 Å². The Morgan fingerprint density at radius 2 is 1.86 bits per heavy atom. The van der Waals surface area contributed by atoms with E-state index in [0.717, 1.165) is 41.6 Å². The lowest BCUT2D eigenvalue weighted by atomic mass is 9.79. The lowest BCUT2D eigenvalue weighted by Crippen LogP contribution is -2.34. The molecule has 0 bridgehead atoms. The van der Waals surface area contributed by atoms with Crippen LogP contribution in [0.3, 0.4) is 0 Å². The van der Waals surface area contributed by atoms with E-state index in [2.05, 4.69) is 26.0 Å². The first-order valence-corrected chi connectivity index (χ1v) is 13.8. The molecule has 0 unspecified atom stereocenters. The lowest BCUT2D eigenvalue weighted by Gasteiger charge is -2.26. The summed E-state index contributed by atoms with van der Waals surface area (Å²) in [5, 5.41) is 2.00. The van der Waals surface area contributed by atoms with Crippen molar-refractivity contribution in [2.75, 3.05) is 18.6 Å². The average molecular weight is 509 g/mol. The Morgan fingerprint density at radius 3 is 2.53 bits per heavy atom. The van der Waals surface area contributed by atoms with Crippen LogP contribution < -0.4 is 4.90 Å². The number of aromatic nitrogens is 1. The average Bonchev–Trinajstić information content (AvgIpc) is 3.47. The van der Waals surface area contributed by atoms with Gasteiger partial charge in [0.05, 0.1) is 28.9 Å². The van der Waals surface area contributed by atoms with Crippen LogP contribution in [0, 0.1) is 11.8 Å². The molecule has 1 aliphatic rings. The maximum atomic E-state index is 13.5. The first-order valence-electron chi connectivity index (χ1n) is 12.9. The van der Waals surface area contributed by atoms with Crippen molar-refractivity contribution < 1.29 is 19.1 Å². The highest BCUT2D eigenvalue weighted by atomic mass is 32.1. The van der Waals surface area contributed by atoms with Gasteiger partial charge in [0.15, 0.2) is 5.78 Å². The molecular weight excluding hydrogens is 472 g/mol. The predicted molar refractivity (Wildman–Crippen MR) is 145 cm³/mol. The summed E-state index contributed by atoms with van der Waals surface area (Å²) < 4.78 is 7.80.